The molecule has 1 atom stereocenters. The van der Waals surface area contributed by atoms with E-state index in [1.54, 1.807) is 6.07 Å². The Labute approximate surface area is 137 Å². The highest BCUT2D eigenvalue weighted by molar-refractivity contribution is 9.11. The van der Waals surface area contributed by atoms with Crippen molar-refractivity contribution < 1.29 is 13.2 Å². The summed E-state index contributed by atoms with van der Waals surface area (Å²) in [5.41, 5.74) is -0.507. The smallest absolute Gasteiger partial charge is 0.243 e. The fourth-order valence-electron chi connectivity index (χ4n) is 2.33. The van der Waals surface area contributed by atoms with E-state index in [-0.39, 0.29) is 0 Å². The Morgan fingerprint density at radius 2 is 2.29 bits per heavy atom. The van der Waals surface area contributed by atoms with E-state index in [2.05, 4.69) is 26.0 Å². The van der Waals surface area contributed by atoms with Crippen molar-refractivity contribution in [3.8, 4) is 0 Å². The molecule has 1 aliphatic heterocycles. The first kappa shape index (κ1) is 15.9. The molecule has 5 nitrogen and oxygen atoms in total. The molecule has 1 saturated heterocycles. The van der Waals surface area contributed by atoms with Gasteiger partial charge in [-0.1, -0.05) is 0 Å². The van der Waals surface area contributed by atoms with Crippen LogP contribution >= 0.6 is 27.3 Å². The lowest BCUT2D eigenvalue weighted by Crippen LogP contribution is -2.46. The van der Waals surface area contributed by atoms with Crippen LogP contribution < -0.4 is 10.0 Å². The standard InChI is InChI=1S/C13H19BrN2O3S2/c1-13(4-5-19-8-13)16-21(17,18)11-6-10(20-12(11)14)7-15-9-2-3-9/h6,9,15-16H,2-5,7-8H2,1H3. The van der Waals surface area contributed by atoms with Gasteiger partial charge in [0.25, 0.3) is 0 Å². The van der Waals surface area contributed by atoms with Gasteiger partial charge in [0.2, 0.25) is 10.0 Å². The second-order valence-electron chi connectivity index (χ2n) is 5.97. The van der Waals surface area contributed by atoms with Crippen molar-refractivity contribution in [3.05, 3.63) is 14.7 Å². The van der Waals surface area contributed by atoms with Gasteiger partial charge in [-0.3, -0.25) is 0 Å². The van der Waals surface area contributed by atoms with Gasteiger partial charge in [-0.2, -0.15) is 0 Å². The Kier molecular flexibility index (Phi) is 4.46. The summed E-state index contributed by atoms with van der Waals surface area (Å²) in [4.78, 5) is 1.36. The molecule has 0 bridgehead atoms. The molecule has 1 aromatic heterocycles. The average Bonchev–Trinajstić information content (AvgIpc) is 3.01. The number of sulfonamides is 1. The fraction of sp³-hybridized carbons (Fsp3) is 0.692. The minimum atomic E-state index is -3.53. The van der Waals surface area contributed by atoms with Crippen LogP contribution in [0, 0.1) is 0 Å². The number of ether oxygens (including phenoxy) is 1. The molecule has 1 unspecified atom stereocenters. The van der Waals surface area contributed by atoms with Crippen LogP contribution in [0.4, 0.5) is 0 Å². The molecule has 0 spiro atoms. The van der Waals surface area contributed by atoms with Gasteiger partial charge in [0.1, 0.15) is 4.90 Å². The van der Waals surface area contributed by atoms with E-state index >= 15 is 0 Å². The summed E-state index contributed by atoms with van der Waals surface area (Å²) in [6, 6.07) is 2.37. The second-order valence-corrected chi connectivity index (χ2v) is 10.1. The van der Waals surface area contributed by atoms with Crippen molar-refractivity contribution in [2.45, 2.75) is 49.2 Å². The van der Waals surface area contributed by atoms with E-state index < -0.39 is 15.6 Å². The first-order chi connectivity index (χ1) is 9.88. The van der Waals surface area contributed by atoms with Crippen LogP contribution in [0.25, 0.3) is 0 Å². The van der Waals surface area contributed by atoms with E-state index in [1.807, 2.05) is 6.92 Å². The van der Waals surface area contributed by atoms with E-state index in [0.29, 0.717) is 34.4 Å². The molecule has 8 heteroatoms. The van der Waals surface area contributed by atoms with E-state index in [0.717, 1.165) is 11.4 Å². The minimum absolute atomic E-state index is 0.327. The van der Waals surface area contributed by atoms with Gasteiger partial charge in [-0.25, -0.2) is 13.1 Å². The second kappa shape index (κ2) is 5.90. The van der Waals surface area contributed by atoms with Gasteiger partial charge in [-0.05, 0) is 48.2 Å². The Hall–Kier alpha value is 0.01000. The number of hydrogen-bond acceptors (Lipinski definition) is 5. The van der Waals surface area contributed by atoms with Gasteiger partial charge in [0.15, 0.2) is 0 Å². The molecule has 2 heterocycles. The van der Waals surface area contributed by atoms with Crippen LogP contribution in [0.2, 0.25) is 0 Å². The highest BCUT2D eigenvalue weighted by atomic mass is 79.9. The van der Waals surface area contributed by atoms with Gasteiger partial charge in [0.05, 0.1) is 15.9 Å². The maximum Gasteiger partial charge on any atom is 0.243 e. The highest BCUT2D eigenvalue weighted by Gasteiger charge is 2.35. The molecule has 2 aliphatic rings. The third-order valence-corrected chi connectivity index (χ3v) is 7.63. The van der Waals surface area contributed by atoms with Crippen LogP contribution in [0.1, 0.15) is 31.1 Å². The molecule has 1 saturated carbocycles. The summed E-state index contributed by atoms with van der Waals surface area (Å²) in [6.07, 6.45) is 3.14. The molecule has 2 fully saturated rings. The zero-order chi connectivity index (χ0) is 15.1. The first-order valence-electron chi connectivity index (χ1n) is 7.01. The van der Waals surface area contributed by atoms with Crippen molar-refractivity contribution >= 4 is 37.3 Å². The number of halogens is 1. The van der Waals surface area contributed by atoms with Crippen LogP contribution in [0.15, 0.2) is 14.7 Å². The zero-order valence-corrected chi connectivity index (χ0v) is 15.0. The van der Waals surface area contributed by atoms with Crippen LogP contribution in [0.3, 0.4) is 0 Å². The number of thiophene rings is 1. The monoisotopic (exact) mass is 394 g/mol. The summed E-state index contributed by atoms with van der Waals surface area (Å²) in [6.45, 7) is 3.63. The maximum absolute atomic E-state index is 12.6. The molecule has 2 N–H and O–H groups in total. The lowest BCUT2D eigenvalue weighted by molar-refractivity contribution is 0.178. The van der Waals surface area contributed by atoms with E-state index in [1.165, 1.54) is 24.2 Å². The van der Waals surface area contributed by atoms with E-state index in [9.17, 15) is 8.42 Å². The highest BCUT2D eigenvalue weighted by Crippen LogP contribution is 2.33. The van der Waals surface area contributed by atoms with Gasteiger partial charge in [0, 0.05) is 24.1 Å². The molecule has 0 aromatic carbocycles. The summed E-state index contributed by atoms with van der Waals surface area (Å²) in [5, 5.41) is 3.40. The number of nitrogens with one attached hydrogen (secondary N) is 2. The summed E-state index contributed by atoms with van der Waals surface area (Å²) in [5.74, 6) is 0. The Morgan fingerprint density at radius 3 is 2.90 bits per heavy atom. The van der Waals surface area contributed by atoms with Gasteiger partial charge >= 0.3 is 0 Å². The molecule has 21 heavy (non-hydrogen) atoms. The lowest BCUT2D eigenvalue weighted by atomic mass is 10.0. The van der Waals surface area contributed by atoms with Crippen molar-refractivity contribution in [2.24, 2.45) is 0 Å². The van der Waals surface area contributed by atoms with E-state index in [4.69, 9.17) is 4.74 Å². The fourth-order valence-corrected chi connectivity index (χ4v) is 6.38. The van der Waals surface area contributed by atoms with Crippen molar-refractivity contribution in [2.75, 3.05) is 13.2 Å². The summed E-state index contributed by atoms with van der Waals surface area (Å²) in [7, 11) is -3.53. The predicted octanol–water partition coefficient (Wildman–Crippen LogP) is 2.22. The molecule has 0 amide bonds. The molecule has 118 valence electrons. The Bertz CT molecular complexity index is 619. The topological polar surface area (TPSA) is 67.4 Å². The third-order valence-electron chi connectivity index (χ3n) is 3.74. The average molecular weight is 395 g/mol. The van der Waals surface area contributed by atoms with Crippen molar-refractivity contribution in [3.63, 3.8) is 0 Å². The molecular formula is C13H19BrN2O3S2. The molecule has 1 aliphatic carbocycles. The summed E-state index contributed by atoms with van der Waals surface area (Å²) >= 11 is 4.85. The predicted molar refractivity (Wildman–Crippen MR) is 86.0 cm³/mol. The quantitative estimate of drug-likeness (QED) is 0.775. The third kappa shape index (κ3) is 3.86. The van der Waals surface area contributed by atoms with Crippen LogP contribution in [-0.4, -0.2) is 33.2 Å². The minimum Gasteiger partial charge on any atom is -0.379 e. The zero-order valence-electron chi connectivity index (χ0n) is 11.8. The molecule has 3 rings (SSSR count). The maximum atomic E-state index is 12.6. The van der Waals surface area contributed by atoms with Gasteiger partial charge in [-0.15, -0.1) is 11.3 Å². The van der Waals surface area contributed by atoms with Crippen LogP contribution in [0.5, 0.6) is 0 Å². The molecule has 0 radical (unpaired) electrons. The van der Waals surface area contributed by atoms with Gasteiger partial charge < -0.3 is 10.1 Å². The van der Waals surface area contributed by atoms with Crippen molar-refractivity contribution in [1.29, 1.82) is 0 Å². The largest absolute Gasteiger partial charge is 0.379 e. The normalized spacial score (nSPS) is 26.4. The lowest BCUT2D eigenvalue weighted by Gasteiger charge is -2.22. The van der Waals surface area contributed by atoms with Crippen molar-refractivity contribution in [1.82, 2.24) is 10.0 Å². The number of rotatable bonds is 6. The molecule has 1 aromatic rings. The Morgan fingerprint density at radius 1 is 1.52 bits per heavy atom. The SMILES string of the molecule is CC1(NS(=O)(=O)c2cc(CNC3CC3)sc2Br)CCOC1. The first-order valence-corrected chi connectivity index (χ1v) is 10.1. The van der Waals surface area contributed by atoms with Crippen LogP contribution in [-0.2, 0) is 21.3 Å². The summed E-state index contributed by atoms with van der Waals surface area (Å²) < 4.78 is 33.9. The Balaban J connectivity index is 1.74. The molecular weight excluding hydrogens is 376 g/mol. The number of hydrogen-bond donors (Lipinski definition) is 2.